The van der Waals surface area contributed by atoms with E-state index in [1.165, 1.54) is 54.2 Å². The molecule has 5 rings (SSSR count). The number of aryl methyl sites for hydroxylation is 2. The molecule has 1 N–H and O–H groups in total. The Kier molecular flexibility index (Phi) is 6.64. The number of fused-ring (bicyclic) bond motifs is 1. The minimum atomic E-state index is -4.09. The summed E-state index contributed by atoms with van der Waals surface area (Å²) in [6.45, 7) is 3.84. The van der Waals surface area contributed by atoms with Crippen LogP contribution in [0.15, 0.2) is 87.3 Å². The number of carbonyl (C=O) groups is 1. The number of nitrogens with one attached hydrogen (secondary N) is 1. The summed E-state index contributed by atoms with van der Waals surface area (Å²) in [5.41, 5.74) is 3.42. The first-order chi connectivity index (χ1) is 18.1. The van der Waals surface area contributed by atoms with E-state index in [0.29, 0.717) is 15.8 Å². The number of thioether (sulfide) groups is 1. The number of aliphatic imine (C=N–C) groups is 1. The van der Waals surface area contributed by atoms with E-state index in [4.69, 9.17) is 14.3 Å². The van der Waals surface area contributed by atoms with Gasteiger partial charge in [0.05, 0.1) is 12.7 Å². The summed E-state index contributed by atoms with van der Waals surface area (Å²) in [6, 6.07) is 18.6. The summed E-state index contributed by atoms with van der Waals surface area (Å²) in [4.78, 5) is 16.9. The molecule has 0 spiro atoms. The van der Waals surface area contributed by atoms with Crippen LogP contribution in [0, 0.1) is 19.3 Å². The molecule has 0 fully saturated rings. The van der Waals surface area contributed by atoms with Crippen LogP contribution in [0.5, 0.6) is 11.5 Å². The lowest BCUT2D eigenvalue weighted by molar-refractivity contribution is -0.114. The molecule has 3 aromatic rings. The van der Waals surface area contributed by atoms with Crippen LogP contribution in [-0.2, 0) is 14.9 Å². The Bertz CT molecular complexity index is 1660. The summed E-state index contributed by atoms with van der Waals surface area (Å²) < 4.78 is 36.1. The van der Waals surface area contributed by atoms with Crippen molar-refractivity contribution in [1.29, 1.82) is 5.41 Å². The second kappa shape index (κ2) is 9.92. The second-order valence-electron chi connectivity index (χ2n) is 8.55. The maximum Gasteiger partial charge on any atom is 0.339 e. The molecule has 0 saturated heterocycles. The van der Waals surface area contributed by atoms with Crippen molar-refractivity contribution < 1.29 is 22.1 Å². The number of methoxy groups -OCH3 is 1. The van der Waals surface area contributed by atoms with E-state index in [0.717, 1.165) is 16.7 Å². The molecule has 0 aromatic heterocycles. The third kappa shape index (κ3) is 4.98. The van der Waals surface area contributed by atoms with Crippen LogP contribution in [0.2, 0.25) is 0 Å². The summed E-state index contributed by atoms with van der Waals surface area (Å²) in [5.74, 6) is -0.555. The molecule has 2 aliphatic heterocycles. The minimum Gasteiger partial charge on any atom is -0.493 e. The molecule has 0 aliphatic carbocycles. The zero-order chi connectivity index (χ0) is 27.0. The molecule has 2 heterocycles. The fourth-order valence-electron chi connectivity index (χ4n) is 3.69. The highest BCUT2D eigenvalue weighted by Gasteiger charge is 2.36. The van der Waals surface area contributed by atoms with E-state index in [9.17, 15) is 13.2 Å². The fourth-order valence-corrected chi connectivity index (χ4v) is 5.52. The summed E-state index contributed by atoms with van der Waals surface area (Å²) >= 11 is 1.23. The molecule has 2 aliphatic rings. The van der Waals surface area contributed by atoms with Crippen LogP contribution in [0.3, 0.4) is 0 Å². The maximum absolute atomic E-state index is 12.8. The number of ether oxygens (including phenoxy) is 1. The van der Waals surface area contributed by atoms with Gasteiger partial charge in [-0.15, -0.1) is 0 Å². The van der Waals surface area contributed by atoms with Crippen molar-refractivity contribution in [2.75, 3.05) is 7.11 Å². The Morgan fingerprint density at radius 2 is 1.61 bits per heavy atom. The topological polar surface area (TPSA) is 121 Å². The Morgan fingerprint density at radius 1 is 0.947 bits per heavy atom. The molecule has 192 valence electrons. The van der Waals surface area contributed by atoms with Crippen molar-refractivity contribution in [2.45, 2.75) is 18.7 Å². The maximum atomic E-state index is 12.8. The van der Waals surface area contributed by atoms with E-state index in [1.54, 1.807) is 18.2 Å². The van der Waals surface area contributed by atoms with Crippen molar-refractivity contribution in [3.05, 3.63) is 94.6 Å². The normalized spacial score (nSPS) is 16.3. The standard InChI is InChI=1S/C27H22N4O5S2/c1-16-4-9-19(10-5-16)26-30-31-24(28)21(25(32)29-27(31)37-26)14-18-8-13-22(23(15-18)35-3)36-38(33,34)20-11-6-17(2)7-12-20/h4-15,28H,1-3H3. The Balaban J connectivity index is 1.41. The number of carbonyl (C=O) groups excluding carboxylic acids is 1. The van der Waals surface area contributed by atoms with E-state index < -0.39 is 16.0 Å². The lowest BCUT2D eigenvalue weighted by Gasteiger charge is -2.20. The number of rotatable bonds is 6. The summed E-state index contributed by atoms with van der Waals surface area (Å²) in [7, 11) is -2.71. The molecular weight excluding hydrogens is 524 g/mol. The molecular formula is C27H22N4O5S2. The highest BCUT2D eigenvalue weighted by atomic mass is 32.2. The Labute approximate surface area is 224 Å². The van der Waals surface area contributed by atoms with Gasteiger partial charge in [-0.3, -0.25) is 10.2 Å². The molecule has 0 atom stereocenters. The zero-order valence-electron chi connectivity index (χ0n) is 20.6. The van der Waals surface area contributed by atoms with Gasteiger partial charge in [-0.1, -0.05) is 53.6 Å². The average Bonchev–Trinajstić information content (AvgIpc) is 3.32. The molecule has 1 amide bonds. The van der Waals surface area contributed by atoms with Crippen molar-refractivity contribution >= 4 is 49.9 Å². The largest absolute Gasteiger partial charge is 0.493 e. The molecule has 9 nitrogen and oxygen atoms in total. The van der Waals surface area contributed by atoms with Gasteiger partial charge in [-0.05, 0) is 61.5 Å². The summed E-state index contributed by atoms with van der Waals surface area (Å²) in [6.07, 6.45) is 1.48. The van der Waals surface area contributed by atoms with Crippen LogP contribution in [0.4, 0.5) is 0 Å². The van der Waals surface area contributed by atoms with Crippen LogP contribution >= 0.6 is 11.8 Å². The van der Waals surface area contributed by atoms with Gasteiger partial charge in [-0.2, -0.15) is 23.5 Å². The fraction of sp³-hybridized carbons (Fsp3) is 0.111. The van der Waals surface area contributed by atoms with E-state index in [-0.39, 0.29) is 27.8 Å². The van der Waals surface area contributed by atoms with Crippen molar-refractivity contribution in [3.63, 3.8) is 0 Å². The van der Waals surface area contributed by atoms with E-state index in [1.807, 2.05) is 38.1 Å². The Hall–Kier alpha value is -4.22. The minimum absolute atomic E-state index is 0.0103. The third-order valence-electron chi connectivity index (χ3n) is 5.76. The first-order valence-corrected chi connectivity index (χ1v) is 13.6. The monoisotopic (exact) mass is 546 g/mol. The molecule has 38 heavy (non-hydrogen) atoms. The first kappa shape index (κ1) is 25.4. The van der Waals surface area contributed by atoms with Crippen molar-refractivity contribution in [3.8, 4) is 11.5 Å². The van der Waals surface area contributed by atoms with Gasteiger partial charge in [0.2, 0.25) is 5.17 Å². The lowest BCUT2D eigenvalue weighted by Crippen LogP contribution is -2.35. The van der Waals surface area contributed by atoms with Gasteiger partial charge in [0, 0.05) is 5.56 Å². The van der Waals surface area contributed by atoms with Crippen LogP contribution in [-0.4, -0.2) is 42.5 Å². The summed E-state index contributed by atoms with van der Waals surface area (Å²) in [5, 5.41) is 15.4. The molecule has 3 aromatic carbocycles. The number of hydrazone groups is 1. The van der Waals surface area contributed by atoms with Gasteiger partial charge >= 0.3 is 10.1 Å². The number of hydrogen-bond acceptors (Lipinski definition) is 8. The quantitative estimate of drug-likeness (QED) is 0.350. The SMILES string of the molecule is COc1cc(C=C2C(=N)N3N=C(c4ccc(C)cc4)SC3=NC2=O)ccc1OS(=O)(=O)c1ccc(C)cc1. The van der Waals surface area contributed by atoms with Crippen molar-refractivity contribution in [2.24, 2.45) is 10.1 Å². The predicted octanol–water partition coefficient (Wildman–Crippen LogP) is 4.75. The second-order valence-corrected chi connectivity index (χ2v) is 11.1. The first-order valence-electron chi connectivity index (χ1n) is 11.4. The molecule has 0 bridgehead atoms. The van der Waals surface area contributed by atoms with Gasteiger partial charge in [0.15, 0.2) is 17.3 Å². The van der Waals surface area contributed by atoms with Crippen molar-refractivity contribution in [1.82, 2.24) is 5.01 Å². The van der Waals surface area contributed by atoms with Gasteiger partial charge < -0.3 is 8.92 Å². The molecule has 11 heteroatoms. The Morgan fingerprint density at radius 3 is 2.26 bits per heavy atom. The van der Waals surface area contributed by atoms with Gasteiger partial charge in [-0.25, -0.2) is 0 Å². The number of amidine groups is 2. The average molecular weight is 547 g/mol. The van der Waals surface area contributed by atoms with Gasteiger partial charge in [0.25, 0.3) is 5.91 Å². The predicted molar refractivity (Wildman–Crippen MR) is 147 cm³/mol. The number of nitrogens with zero attached hydrogens (tertiary/aromatic N) is 3. The molecule has 0 radical (unpaired) electrons. The van der Waals surface area contributed by atoms with Crippen LogP contribution in [0.25, 0.3) is 6.08 Å². The number of benzene rings is 3. The molecule has 0 saturated carbocycles. The number of amides is 1. The zero-order valence-corrected chi connectivity index (χ0v) is 22.3. The lowest BCUT2D eigenvalue weighted by atomic mass is 10.1. The molecule has 0 unspecified atom stereocenters. The van der Waals surface area contributed by atoms with E-state index in [2.05, 4.69) is 10.1 Å². The third-order valence-corrected chi connectivity index (χ3v) is 7.97. The smallest absolute Gasteiger partial charge is 0.339 e. The van der Waals surface area contributed by atoms with Crippen LogP contribution < -0.4 is 8.92 Å². The van der Waals surface area contributed by atoms with Crippen LogP contribution in [0.1, 0.15) is 22.3 Å². The number of hydrogen-bond donors (Lipinski definition) is 1. The highest BCUT2D eigenvalue weighted by Crippen LogP contribution is 2.34. The highest BCUT2D eigenvalue weighted by molar-refractivity contribution is 8.27. The van der Waals surface area contributed by atoms with E-state index >= 15 is 0 Å². The van der Waals surface area contributed by atoms with Gasteiger partial charge in [0.1, 0.15) is 9.94 Å².